The first-order valence-electron chi connectivity index (χ1n) is 17.1. The maximum atomic E-state index is 13.0. The maximum Gasteiger partial charge on any atom is 0.338 e. The molecule has 2 aromatic carbocycles. The number of benzene rings is 2. The van der Waals surface area contributed by atoms with E-state index in [2.05, 4.69) is 52.6 Å². The van der Waals surface area contributed by atoms with Gasteiger partial charge in [0.1, 0.15) is 49.3 Å². The molecule has 1 aliphatic carbocycles. The van der Waals surface area contributed by atoms with E-state index in [-0.39, 0.29) is 23.1 Å². The summed E-state index contributed by atoms with van der Waals surface area (Å²) >= 11 is 6.61. The molecule has 2 aliphatic heterocycles. The molecule has 0 amide bonds. The second kappa shape index (κ2) is 17.9. The van der Waals surface area contributed by atoms with Gasteiger partial charge in [-0.1, -0.05) is 59.1 Å². The van der Waals surface area contributed by atoms with Gasteiger partial charge in [-0.25, -0.2) is 9.59 Å². The topological polar surface area (TPSA) is 191 Å². The van der Waals surface area contributed by atoms with Crippen molar-refractivity contribution in [3.8, 4) is 0 Å². The number of hydrogen-bond acceptors (Lipinski definition) is 13. The van der Waals surface area contributed by atoms with Gasteiger partial charge in [-0.15, -0.1) is 0 Å². The average molecular weight is 847 g/mol. The molecule has 13 nitrogen and oxygen atoms in total. The molecule has 0 unspecified atom stereocenters. The monoisotopic (exact) mass is 844 g/mol. The highest BCUT2D eigenvalue weighted by molar-refractivity contribution is 9.10. The first-order valence-corrected chi connectivity index (χ1v) is 18.7. The third-order valence-corrected chi connectivity index (χ3v) is 10.8. The van der Waals surface area contributed by atoms with Crippen molar-refractivity contribution in [3.05, 3.63) is 68.6 Å². The Labute approximate surface area is 313 Å². The molecule has 0 radical (unpaired) electrons. The Morgan fingerprint density at radius 3 is 1.92 bits per heavy atom. The summed E-state index contributed by atoms with van der Waals surface area (Å²) in [7, 11) is 0. The fraction of sp³-hybridized carbons (Fsp3) is 0.611. The molecule has 5 N–H and O–H groups in total. The van der Waals surface area contributed by atoms with E-state index in [0.29, 0.717) is 11.8 Å². The van der Waals surface area contributed by atoms with Crippen molar-refractivity contribution < 1.29 is 63.5 Å². The van der Waals surface area contributed by atoms with Crippen molar-refractivity contribution in [1.82, 2.24) is 0 Å². The van der Waals surface area contributed by atoms with Crippen LogP contribution in [0.3, 0.4) is 0 Å². The van der Waals surface area contributed by atoms with E-state index in [0.717, 1.165) is 28.2 Å². The molecule has 282 valence electrons. The second-order valence-corrected chi connectivity index (χ2v) is 15.7. The molecule has 0 bridgehead atoms. The minimum absolute atomic E-state index is 0.159. The number of halogens is 2. The summed E-state index contributed by atoms with van der Waals surface area (Å²) in [5, 5.41) is 54.6. The number of rotatable bonds is 11. The van der Waals surface area contributed by atoms with Gasteiger partial charge < -0.3 is 54.0 Å². The minimum atomic E-state index is -1.77. The Morgan fingerprint density at radius 1 is 0.745 bits per heavy atom. The lowest BCUT2D eigenvalue weighted by atomic mass is 9.75. The van der Waals surface area contributed by atoms with E-state index < -0.39 is 86.6 Å². The lowest BCUT2D eigenvalue weighted by Crippen LogP contribution is -2.62. The molecule has 15 heteroatoms. The zero-order valence-corrected chi connectivity index (χ0v) is 31.7. The van der Waals surface area contributed by atoms with Gasteiger partial charge in [0.15, 0.2) is 18.7 Å². The summed E-state index contributed by atoms with van der Waals surface area (Å²) in [6.45, 7) is 5.37. The van der Waals surface area contributed by atoms with Gasteiger partial charge in [-0.2, -0.15) is 0 Å². The molecule has 0 aromatic heterocycles. The van der Waals surface area contributed by atoms with Gasteiger partial charge in [0, 0.05) is 8.95 Å². The first-order chi connectivity index (χ1) is 24.2. The molecule has 5 rings (SSSR count). The Morgan fingerprint density at radius 2 is 1.31 bits per heavy atom. The number of hydrogen-bond donors (Lipinski definition) is 5. The Bertz CT molecular complexity index is 1440. The zero-order chi connectivity index (χ0) is 37.0. The molecule has 0 spiro atoms. The molecule has 3 fully saturated rings. The summed E-state index contributed by atoms with van der Waals surface area (Å²) in [5.41, 5.74) is 0.390. The quantitative estimate of drug-likeness (QED) is 0.207. The van der Waals surface area contributed by atoms with Crippen LogP contribution in [0.15, 0.2) is 57.5 Å². The Hall–Kier alpha value is -2.02. The number of ether oxygens (including phenoxy) is 6. The molecule has 1 saturated carbocycles. The van der Waals surface area contributed by atoms with Gasteiger partial charge >= 0.3 is 11.9 Å². The van der Waals surface area contributed by atoms with Crippen LogP contribution in [0.4, 0.5) is 0 Å². The fourth-order valence-corrected chi connectivity index (χ4v) is 7.26. The number of carbonyl (C=O) groups excluding carboxylic acids is 2. The van der Waals surface area contributed by atoms with Crippen molar-refractivity contribution in [2.75, 3.05) is 13.2 Å². The summed E-state index contributed by atoms with van der Waals surface area (Å²) in [5.74, 6) is -0.614. The second-order valence-electron chi connectivity index (χ2n) is 13.9. The predicted molar refractivity (Wildman–Crippen MR) is 187 cm³/mol. The van der Waals surface area contributed by atoms with Crippen LogP contribution in [0, 0.1) is 17.8 Å². The van der Waals surface area contributed by atoms with Crippen LogP contribution < -0.4 is 0 Å². The summed E-state index contributed by atoms with van der Waals surface area (Å²) in [4.78, 5) is 25.9. The van der Waals surface area contributed by atoms with E-state index in [9.17, 15) is 35.1 Å². The third-order valence-electron chi connectivity index (χ3n) is 9.79. The summed E-state index contributed by atoms with van der Waals surface area (Å²) in [6, 6.07) is 12.7. The standard InChI is InChI=1S/C36H46Br2O13/c1-17(2)23-13-4-18(3)14-24(23)48-36-30(42)28(40)27(39)25(49-36)15-47-35-31(43)29(41)32(51-34(45)20-7-11-22(38)12-8-20)26(50-35)16-46-33(44)19-5-9-21(37)10-6-19/h5-12,17-18,23-32,35-36,39-43H,4,13-16H2,1-3H3/t18-,23+,24-,25-,26-,27-,28+,29-,30-,31-,32-,35-,36+/m1/s1. The van der Waals surface area contributed by atoms with Crippen molar-refractivity contribution in [2.45, 2.75) is 108 Å². The Balaban J connectivity index is 1.28. The molecular formula is C36H46Br2O13. The van der Waals surface area contributed by atoms with Crippen LogP contribution in [0.2, 0.25) is 0 Å². The number of carbonyl (C=O) groups is 2. The van der Waals surface area contributed by atoms with E-state index in [1.165, 1.54) is 12.1 Å². The van der Waals surface area contributed by atoms with E-state index in [1.807, 2.05) is 0 Å². The van der Waals surface area contributed by atoms with Crippen molar-refractivity contribution in [1.29, 1.82) is 0 Å². The van der Waals surface area contributed by atoms with Crippen molar-refractivity contribution >= 4 is 43.8 Å². The summed E-state index contributed by atoms with van der Waals surface area (Å²) in [6.07, 6.45) is -12.7. The largest absolute Gasteiger partial charge is 0.459 e. The lowest BCUT2D eigenvalue weighted by molar-refractivity contribution is -0.339. The molecule has 2 aromatic rings. The van der Waals surface area contributed by atoms with Crippen molar-refractivity contribution in [3.63, 3.8) is 0 Å². The lowest BCUT2D eigenvalue weighted by Gasteiger charge is -2.45. The molecular weight excluding hydrogens is 800 g/mol. The smallest absolute Gasteiger partial charge is 0.338 e. The van der Waals surface area contributed by atoms with Gasteiger partial charge in [-0.3, -0.25) is 0 Å². The molecule has 3 aliphatic rings. The molecule has 51 heavy (non-hydrogen) atoms. The van der Waals surface area contributed by atoms with Crippen LogP contribution in [0.25, 0.3) is 0 Å². The highest BCUT2D eigenvalue weighted by Crippen LogP contribution is 2.37. The van der Waals surface area contributed by atoms with E-state index in [4.69, 9.17) is 28.4 Å². The van der Waals surface area contributed by atoms with E-state index in [1.54, 1.807) is 36.4 Å². The molecule has 2 saturated heterocycles. The molecule has 2 heterocycles. The van der Waals surface area contributed by atoms with Crippen LogP contribution in [0.1, 0.15) is 60.7 Å². The van der Waals surface area contributed by atoms with Crippen LogP contribution in [-0.2, 0) is 28.4 Å². The summed E-state index contributed by atoms with van der Waals surface area (Å²) < 4.78 is 36.5. The highest BCUT2D eigenvalue weighted by atomic mass is 79.9. The van der Waals surface area contributed by atoms with Gasteiger partial charge in [0.25, 0.3) is 0 Å². The van der Waals surface area contributed by atoms with Crippen LogP contribution in [0.5, 0.6) is 0 Å². The molecule has 13 atom stereocenters. The Kier molecular flexibility index (Phi) is 14.1. The fourth-order valence-electron chi connectivity index (χ4n) is 6.73. The van der Waals surface area contributed by atoms with Crippen molar-refractivity contribution in [2.24, 2.45) is 17.8 Å². The third kappa shape index (κ3) is 9.95. The van der Waals surface area contributed by atoms with Gasteiger partial charge in [0.2, 0.25) is 0 Å². The average Bonchev–Trinajstić information content (AvgIpc) is 3.10. The maximum absolute atomic E-state index is 13.0. The number of aliphatic hydroxyl groups is 5. The predicted octanol–water partition coefficient (Wildman–Crippen LogP) is 3.34. The SMILES string of the molecule is CC(C)[C@@H]1CC[C@@H](C)C[C@H]1O[C@H]1O[C@H](CO[C@@H]2O[C@H](COC(=O)c3ccc(Br)cc3)[C@@H](OC(=O)c3ccc(Br)cc3)[C@H](O)[C@H]2O)[C@@H](O)[C@H](O)[C@H]1O. The van der Waals surface area contributed by atoms with E-state index >= 15 is 0 Å². The number of aliphatic hydroxyl groups excluding tert-OH is 5. The van der Waals surface area contributed by atoms with Crippen LogP contribution >= 0.6 is 31.9 Å². The normalized spacial score (nSPS) is 35.7. The first kappa shape index (κ1) is 40.2. The van der Waals surface area contributed by atoms with Crippen LogP contribution in [-0.4, -0.2) is 118 Å². The minimum Gasteiger partial charge on any atom is -0.459 e. The zero-order valence-electron chi connectivity index (χ0n) is 28.5. The highest BCUT2D eigenvalue weighted by Gasteiger charge is 2.50. The number of esters is 2. The van der Waals surface area contributed by atoms with Gasteiger partial charge in [-0.05, 0) is 79.1 Å². The van der Waals surface area contributed by atoms with Gasteiger partial charge in [0.05, 0.1) is 23.8 Å².